The predicted molar refractivity (Wildman–Crippen MR) is 89.6 cm³/mol. The summed E-state index contributed by atoms with van der Waals surface area (Å²) in [4.78, 5) is 16.3. The van der Waals surface area contributed by atoms with Crippen LogP contribution in [0.25, 0.3) is 6.08 Å². The zero-order chi connectivity index (χ0) is 16.7. The summed E-state index contributed by atoms with van der Waals surface area (Å²) in [5.41, 5.74) is 1.41. The lowest BCUT2D eigenvalue weighted by atomic mass is 10.1. The quantitative estimate of drug-likeness (QED) is 0.597. The molecule has 0 fully saturated rings. The van der Waals surface area contributed by atoms with E-state index in [4.69, 9.17) is 37.4 Å². The van der Waals surface area contributed by atoms with Crippen LogP contribution in [0.1, 0.15) is 11.1 Å². The molecular formula is C17H9Cl2NO4. The second kappa shape index (κ2) is 5.85. The Balaban J connectivity index is 1.70. The second-order valence-electron chi connectivity index (χ2n) is 5.07. The van der Waals surface area contributed by atoms with Crippen molar-refractivity contribution in [3.05, 3.63) is 63.3 Å². The number of fused-ring (bicyclic) bond motifs is 1. The molecule has 4 rings (SSSR count). The van der Waals surface area contributed by atoms with Gasteiger partial charge in [0.05, 0.1) is 5.02 Å². The van der Waals surface area contributed by atoms with E-state index in [1.165, 1.54) is 0 Å². The lowest BCUT2D eigenvalue weighted by Gasteiger charge is -2.01. The van der Waals surface area contributed by atoms with Gasteiger partial charge in [0.1, 0.15) is 0 Å². The largest absolute Gasteiger partial charge is 0.454 e. The van der Waals surface area contributed by atoms with E-state index in [-0.39, 0.29) is 18.4 Å². The van der Waals surface area contributed by atoms with E-state index >= 15 is 0 Å². The zero-order valence-corrected chi connectivity index (χ0v) is 13.6. The van der Waals surface area contributed by atoms with Gasteiger partial charge in [-0.05, 0) is 42.0 Å². The molecule has 24 heavy (non-hydrogen) atoms. The third-order valence-corrected chi connectivity index (χ3v) is 4.08. The molecule has 2 aromatic carbocycles. The van der Waals surface area contributed by atoms with Gasteiger partial charge in [0.25, 0.3) is 0 Å². The van der Waals surface area contributed by atoms with E-state index in [1.54, 1.807) is 42.5 Å². The molecule has 0 spiro atoms. The number of benzene rings is 2. The molecular weight excluding hydrogens is 353 g/mol. The van der Waals surface area contributed by atoms with Crippen LogP contribution >= 0.6 is 23.2 Å². The van der Waals surface area contributed by atoms with Gasteiger partial charge >= 0.3 is 5.97 Å². The Morgan fingerprint density at radius 3 is 2.50 bits per heavy atom. The van der Waals surface area contributed by atoms with Crippen LogP contribution in [0.2, 0.25) is 10.0 Å². The predicted octanol–water partition coefficient (Wildman–Crippen LogP) is 4.07. The van der Waals surface area contributed by atoms with Crippen LogP contribution in [0, 0.1) is 0 Å². The number of nitrogens with zero attached hydrogens (tertiary/aromatic N) is 1. The Morgan fingerprint density at radius 1 is 1.04 bits per heavy atom. The number of rotatable bonds is 2. The molecule has 2 aliphatic rings. The number of aliphatic imine (C=N–C) groups is 1. The molecule has 5 nitrogen and oxygen atoms in total. The van der Waals surface area contributed by atoms with E-state index in [2.05, 4.69) is 4.99 Å². The molecule has 0 amide bonds. The Labute approximate surface area is 147 Å². The minimum absolute atomic E-state index is 0.145. The monoisotopic (exact) mass is 361 g/mol. The third-order valence-electron chi connectivity index (χ3n) is 3.50. The standard InChI is InChI=1S/C17H9Cl2NO4/c18-11-3-1-9(2-4-11)16-20-13(17(21)24-16)5-10-6-14-15(7-12(10)19)23-8-22-14/h1-7H,8H2/b13-5-. The zero-order valence-electron chi connectivity index (χ0n) is 12.1. The summed E-state index contributed by atoms with van der Waals surface area (Å²) in [7, 11) is 0. The van der Waals surface area contributed by atoms with Gasteiger partial charge in [-0.2, -0.15) is 0 Å². The van der Waals surface area contributed by atoms with Crippen molar-refractivity contribution in [3.63, 3.8) is 0 Å². The molecule has 0 bridgehead atoms. The number of ether oxygens (including phenoxy) is 3. The topological polar surface area (TPSA) is 57.1 Å². The summed E-state index contributed by atoms with van der Waals surface area (Å²) in [6.45, 7) is 0.145. The van der Waals surface area contributed by atoms with Crippen molar-refractivity contribution in [3.8, 4) is 11.5 Å². The first kappa shape index (κ1) is 15.1. The molecule has 0 atom stereocenters. The molecule has 0 N–H and O–H groups in total. The molecule has 7 heteroatoms. The first-order valence-electron chi connectivity index (χ1n) is 6.98. The highest BCUT2D eigenvalue weighted by Gasteiger charge is 2.25. The molecule has 0 saturated carbocycles. The number of hydrogen-bond donors (Lipinski definition) is 0. The van der Waals surface area contributed by atoms with Crippen molar-refractivity contribution >= 4 is 41.1 Å². The van der Waals surface area contributed by atoms with E-state index in [9.17, 15) is 4.79 Å². The summed E-state index contributed by atoms with van der Waals surface area (Å²) in [5.74, 6) is 0.814. The molecule has 0 aliphatic carbocycles. The summed E-state index contributed by atoms with van der Waals surface area (Å²) in [5, 5.41) is 1.02. The summed E-state index contributed by atoms with van der Waals surface area (Å²) < 4.78 is 15.8. The van der Waals surface area contributed by atoms with Crippen LogP contribution in [-0.4, -0.2) is 18.7 Å². The van der Waals surface area contributed by atoms with Gasteiger partial charge in [-0.25, -0.2) is 9.79 Å². The van der Waals surface area contributed by atoms with E-state index < -0.39 is 5.97 Å². The van der Waals surface area contributed by atoms with Gasteiger partial charge in [0.15, 0.2) is 17.2 Å². The molecule has 120 valence electrons. The normalized spacial score (nSPS) is 17.2. The molecule has 0 unspecified atom stereocenters. The number of carbonyl (C=O) groups is 1. The van der Waals surface area contributed by atoms with E-state index in [0.29, 0.717) is 32.7 Å². The Hall–Kier alpha value is -2.50. The van der Waals surface area contributed by atoms with E-state index in [1.807, 2.05) is 0 Å². The first-order valence-corrected chi connectivity index (χ1v) is 7.73. The fraction of sp³-hybridized carbons (Fsp3) is 0.0588. The number of halogens is 2. The van der Waals surface area contributed by atoms with Gasteiger partial charge in [-0.1, -0.05) is 23.2 Å². The molecule has 0 aromatic heterocycles. The van der Waals surface area contributed by atoms with Crippen LogP contribution in [0.4, 0.5) is 0 Å². The van der Waals surface area contributed by atoms with Crippen molar-refractivity contribution in [1.29, 1.82) is 0 Å². The Morgan fingerprint density at radius 2 is 1.75 bits per heavy atom. The minimum Gasteiger partial charge on any atom is -0.454 e. The van der Waals surface area contributed by atoms with Crippen molar-refractivity contribution in [2.45, 2.75) is 0 Å². The van der Waals surface area contributed by atoms with Crippen LogP contribution in [0.5, 0.6) is 11.5 Å². The highest BCUT2D eigenvalue weighted by molar-refractivity contribution is 6.32. The van der Waals surface area contributed by atoms with Crippen molar-refractivity contribution in [2.24, 2.45) is 4.99 Å². The minimum atomic E-state index is -0.548. The fourth-order valence-electron chi connectivity index (χ4n) is 2.32. The van der Waals surface area contributed by atoms with Crippen molar-refractivity contribution in [2.75, 3.05) is 6.79 Å². The highest BCUT2D eigenvalue weighted by Crippen LogP contribution is 2.38. The fourth-order valence-corrected chi connectivity index (χ4v) is 2.65. The Kier molecular flexibility index (Phi) is 3.67. The maximum absolute atomic E-state index is 12.0. The SMILES string of the molecule is O=C1OC(c2ccc(Cl)cc2)=N/C1=C\c1cc2c(cc1Cl)OCO2. The average Bonchev–Trinajstić information content (AvgIpc) is 3.15. The maximum atomic E-state index is 12.0. The third kappa shape index (κ3) is 2.72. The molecule has 2 aromatic rings. The summed E-state index contributed by atoms with van der Waals surface area (Å²) in [6, 6.07) is 10.2. The van der Waals surface area contributed by atoms with Gasteiger partial charge in [-0.15, -0.1) is 0 Å². The van der Waals surface area contributed by atoms with E-state index in [0.717, 1.165) is 0 Å². The maximum Gasteiger partial charge on any atom is 0.363 e. The molecule has 2 aliphatic heterocycles. The van der Waals surface area contributed by atoms with Crippen molar-refractivity contribution in [1.82, 2.24) is 0 Å². The van der Waals surface area contributed by atoms with Gasteiger partial charge in [-0.3, -0.25) is 0 Å². The van der Waals surface area contributed by atoms with Crippen LogP contribution in [0.3, 0.4) is 0 Å². The van der Waals surface area contributed by atoms with Gasteiger partial charge < -0.3 is 14.2 Å². The smallest absolute Gasteiger partial charge is 0.363 e. The second-order valence-corrected chi connectivity index (χ2v) is 5.91. The number of carbonyl (C=O) groups excluding carboxylic acids is 1. The first-order chi connectivity index (χ1) is 11.6. The van der Waals surface area contributed by atoms with Gasteiger partial charge in [0, 0.05) is 16.7 Å². The Bertz CT molecular complexity index is 904. The summed E-state index contributed by atoms with van der Waals surface area (Å²) >= 11 is 12.1. The van der Waals surface area contributed by atoms with Crippen molar-refractivity contribution < 1.29 is 19.0 Å². The summed E-state index contributed by atoms with van der Waals surface area (Å²) in [6.07, 6.45) is 1.55. The highest BCUT2D eigenvalue weighted by atomic mass is 35.5. The number of hydrogen-bond acceptors (Lipinski definition) is 5. The van der Waals surface area contributed by atoms with Gasteiger partial charge in [0.2, 0.25) is 12.7 Å². The molecule has 0 saturated heterocycles. The molecule has 0 radical (unpaired) electrons. The molecule has 2 heterocycles. The number of cyclic esters (lactones) is 1. The lowest BCUT2D eigenvalue weighted by molar-refractivity contribution is -0.129. The average molecular weight is 362 g/mol. The van der Waals surface area contributed by atoms with Crippen LogP contribution < -0.4 is 9.47 Å². The lowest BCUT2D eigenvalue weighted by Crippen LogP contribution is -2.05. The number of esters is 1. The van der Waals surface area contributed by atoms with Crippen LogP contribution in [-0.2, 0) is 9.53 Å². The van der Waals surface area contributed by atoms with Crippen LogP contribution in [0.15, 0.2) is 47.1 Å².